The van der Waals surface area contributed by atoms with Crippen LogP contribution >= 0.6 is 0 Å². The molecule has 3 aliphatic rings. The van der Waals surface area contributed by atoms with Crippen LogP contribution in [0.1, 0.15) is 107 Å². The highest BCUT2D eigenvalue weighted by atomic mass is 15.1. The van der Waals surface area contributed by atoms with E-state index < -0.39 is 5.41 Å². The molecule has 89 heavy (non-hydrogen) atoms. The van der Waals surface area contributed by atoms with Crippen molar-refractivity contribution in [2.24, 2.45) is 10.8 Å². The van der Waals surface area contributed by atoms with Crippen molar-refractivity contribution < 1.29 is 0 Å². The van der Waals surface area contributed by atoms with Gasteiger partial charge in [0.05, 0.1) is 11.1 Å². The van der Waals surface area contributed by atoms with E-state index in [0.717, 1.165) is 23.5 Å². The van der Waals surface area contributed by atoms with Crippen molar-refractivity contribution in [2.45, 2.75) is 78.6 Å². The molecular formula is C88H73N. The lowest BCUT2D eigenvalue weighted by molar-refractivity contribution is 0.229. The van der Waals surface area contributed by atoms with Gasteiger partial charge < -0.3 is 4.90 Å². The first kappa shape index (κ1) is 54.6. The fraction of sp³-hybridized carbons (Fsp3) is 0.159. The Morgan fingerprint density at radius 1 is 0.303 bits per heavy atom. The van der Waals surface area contributed by atoms with Crippen molar-refractivity contribution in [1.82, 2.24) is 0 Å². The molecule has 0 heterocycles. The van der Waals surface area contributed by atoms with Crippen molar-refractivity contribution >= 4 is 38.6 Å². The van der Waals surface area contributed by atoms with Crippen LogP contribution < -0.4 is 4.90 Å². The highest BCUT2D eigenvalue weighted by Gasteiger charge is 2.52. The third kappa shape index (κ3) is 8.64. The van der Waals surface area contributed by atoms with E-state index in [-0.39, 0.29) is 16.2 Å². The van der Waals surface area contributed by atoms with E-state index in [0.29, 0.717) is 5.92 Å². The molecule has 13 aromatic carbocycles. The number of rotatable bonds is 9. The fourth-order valence-electron chi connectivity index (χ4n) is 16.1. The Labute approximate surface area is 525 Å². The highest BCUT2D eigenvalue weighted by molar-refractivity contribution is 6.13. The maximum absolute atomic E-state index is 2.56. The first-order chi connectivity index (χ1) is 43.1. The summed E-state index contributed by atoms with van der Waals surface area (Å²) >= 11 is 0. The van der Waals surface area contributed by atoms with Gasteiger partial charge in [-0.3, -0.25) is 0 Å². The van der Waals surface area contributed by atoms with Crippen LogP contribution in [0.25, 0.3) is 99.4 Å². The number of nitrogens with zero attached hydrogens (tertiary/aromatic N) is 1. The van der Waals surface area contributed by atoms with Gasteiger partial charge >= 0.3 is 0 Å². The summed E-state index contributed by atoms with van der Waals surface area (Å²) < 4.78 is 0. The molecule has 0 saturated carbocycles. The van der Waals surface area contributed by atoms with Crippen LogP contribution in [-0.4, -0.2) is 0 Å². The van der Waals surface area contributed by atoms with E-state index in [4.69, 9.17) is 0 Å². The zero-order valence-corrected chi connectivity index (χ0v) is 52.3. The largest absolute Gasteiger partial charge is 0.310 e. The molecule has 3 aliphatic carbocycles. The quantitative estimate of drug-likeness (QED) is 0.139. The molecule has 0 radical (unpaired) electrons. The van der Waals surface area contributed by atoms with E-state index in [1.165, 1.54) is 138 Å². The van der Waals surface area contributed by atoms with E-state index in [1.807, 2.05) is 0 Å². The summed E-state index contributed by atoms with van der Waals surface area (Å²) in [6, 6.07) is 106. The third-order valence-corrected chi connectivity index (χ3v) is 20.3. The van der Waals surface area contributed by atoms with Gasteiger partial charge in [0.15, 0.2) is 0 Å². The molecule has 1 nitrogen and oxygen atoms in total. The number of hydrogen-bond donors (Lipinski definition) is 0. The molecule has 0 saturated heterocycles. The summed E-state index contributed by atoms with van der Waals surface area (Å²) in [5.74, 6) is 0.421. The Bertz CT molecular complexity index is 4970. The molecule has 2 unspecified atom stereocenters. The van der Waals surface area contributed by atoms with Gasteiger partial charge in [-0.15, -0.1) is 0 Å². The van der Waals surface area contributed by atoms with Gasteiger partial charge in [-0.1, -0.05) is 292 Å². The van der Waals surface area contributed by atoms with Gasteiger partial charge in [-0.2, -0.15) is 0 Å². The molecule has 0 aliphatic heterocycles. The van der Waals surface area contributed by atoms with Gasteiger partial charge in [0.2, 0.25) is 0 Å². The van der Waals surface area contributed by atoms with Crippen LogP contribution in [-0.2, 0) is 10.8 Å². The number of hydrogen-bond acceptors (Lipinski definition) is 1. The molecule has 430 valence electrons. The molecule has 0 fully saturated rings. The Balaban J connectivity index is 0.829. The highest BCUT2D eigenvalue weighted by Crippen LogP contribution is 2.64. The number of fused-ring (bicyclic) bond motifs is 15. The number of anilines is 3. The van der Waals surface area contributed by atoms with Gasteiger partial charge in [0.25, 0.3) is 0 Å². The van der Waals surface area contributed by atoms with Crippen molar-refractivity contribution in [3.8, 4) is 77.9 Å². The van der Waals surface area contributed by atoms with Gasteiger partial charge in [0, 0.05) is 22.2 Å². The molecule has 1 heteroatoms. The van der Waals surface area contributed by atoms with E-state index in [9.17, 15) is 0 Å². The van der Waals surface area contributed by atoms with Gasteiger partial charge in [-0.25, -0.2) is 0 Å². The first-order valence-corrected chi connectivity index (χ1v) is 32.0. The minimum Gasteiger partial charge on any atom is -0.310 e. The standard InChI is InChI=1S/C88H73N/c1-85(2,3)55-83(86(4,5)6)61-26-22-25-58(51-61)59-39-44-74-71-31-17-20-35-78(71)88(81(74)52-59)79-36-21-18-32-72(79)75-45-40-60(53-82(75)88)64-47-48-68(66-28-13-12-27-65(64)66)69-49-50-84(76-33-15-14-29-67(69)76)89(62-41-37-57(38-42-62)56-23-10-9-11-24-56)63-43-46-73-70-30-16-19-34-77(70)87(7,8)80(73)54-63/h9-54,83H,55H2,1-8H3. The maximum Gasteiger partial charge on any atom is 0.0725 e. The summed E-state index contributed by atoms with van der Waals surface area (Å²) in [5.41, 5.74) is 30.3. The second-order valence-corrected chi connectivity index (χ2v) is 28.2. The molecule has 0 bridgehead atoms. The summed E-state index contributed by atoms with van der Waals surface area (Å²) in [6.07, 6.45) is 1.12. The van der Waals surface area contributed by atoms with E-state index >= 15 is 0 Å². The average Bonchev–Trinajstić information content (AvgIpc) is 1.52. The average molecular weight is 1140 g/mol. The zero-order valence-electron chi connectivity index (χ0n) is 52.3. The third-order valence-electron chi connectivity index (χ3n) is 20.3. The van der Waals surface area contributed by atoms with Crippen LogP contribution in [0.5, 0.6) is 0 Å². The molecule has 0 N–H and O–H groups in total. The van der Waals surface area contributed by atoms with Crippen molar-refractivity contribution in [3.05, 3.63) is 318 Å². The Hall–Kier alpha value is -9.82. The predicted octanol–water partition coefficient (Wildman–Crippen LogP) is 24.3. The van der Waals surface area contributed by atoms with Crippen LogP contribution in [0.15, 0.2) is 279 Å². The van der Waals surface area contributed by atoms with Crippen molar-refractivity contribution in [2.75, 3.05) is 4.90 Å². The SMILES string of the molecule is CC(C)(C)CC(c1cccc(-c2ccc3c(c2)C2(c4ccccc4-3)c3ccccc3-c3ccc(-c4ccc(-c5ccc(N(c6ccc(-c7ccccc7)cc6)c6ccc7c(c6)C(C)(C)c6ccccc6-7)c6ccccc56)c5ccccc45)cc32)c1)C(C)(C)C. The fourth-order valence-corrected chi connectivity index (χ4v) is 16.1. The summed E-state index contributed by atoms with van der Waals surface area (Å²) in [4.78, 5) is 2.48. The van der Waals surface area contributed by atoms with E-state index in [2.05, 4.69) is 339 Å². The first-order valence-electron chi connectivity index (χ1n) is 32.0. The van der Waals surface area contributed by atoms with Crippen LogP contribution in [0.4, 0.5) is 17.1 Å². The minimum absolute atomic E-state index is 0.118. The Kier molecular flexibility index (Phi) is 12.5. The lowest BCUT2D eigenvalue weighted by atomic mass is 9.68. The van der Waals surface area contributed by atoms with Crippen molar-refractivity contribution in [1.29, 1.82) is 0 Å². The zero-order chi connectivity index (χ0) is 60.6. The molecular weight excluding hydrogens is 1070 g/mol. The molecule has 13 aromatic rings. The summed E-state index contributed by atoms with van der Waals surface area (Å²) in [5, 5.41) is 4.87. The van der Waals surface area contributed by atoms with E-state index in [1.54, 1.807) is 0 Å². The van der Waals surface area contributed by atoms with Crippen molar-refractivity contribution in [3.63, 3.8) is 0 Å². The van der Waals surface area contributed by atoms with Crippen LogP contribution in [0.2, 0.25) is 0 Å². The Morgan fingerprint density at radius 3 is 1.37 bits per heavy atom. The second-order valence-electron chi connectivity index (χ2n) is 28.2. The number of benzene rings is 13. The lowest BCUT2D eigenvalue weighted by Crippen LogP contribution is -2.26. The minimum atomic E-state index is -0.517. The topological polar surface area (TPSA) is 3.24 Å². The van der Waals surface area contributed by atoms with Crippen LogP contribution in [0.3, 0.4) is 0 Å². The van der Waals surface area contributed by atoms with Gasteiger partial charge in [0.1, 0.15) is 0 Å². The maximum atomic E-state index is 2.56. The molecule has 2 atom stereocenters. The predicted molar refractivity (Wildman–Crippen MR) is 378 cm³/mol. The lowest BCUT2D eigenvalue weighted by Gasteiger charge is -2.36. The molecule has 1 spiro atoms. The van der Waals surface area contributed by atoms with Crippen LogP contribution in [0, 0.1) is 10.8 Å². The Morgan fingerprint density at radius 2 is 0.730 bits per heavy atom. The molecule has 0 aromatic heterocycles. The second kappa shape index (κ2) is 20.4. The molecule has 0 amide bonds. The summed E-state index contributed by atoms with van der Waals surface area (Å²) in [7, 11) is 0. The smallest absolute Gasteiger partial charge is 0.0725 e. The van der Waals surface area contributed by atoms with Gasteiger partial charge in [-0.05, 0) is 199 Å². The molecule has 16 rings (SSSR count). The normalized spacial score (nSPS) is 15.3. The summed E-state index contributed by atoms with van der Waals surface area (Å²) in [6.45, 7) is 19.1. The monoisotopic (exact) mass is 1140 g/mol.